The van der Waals surface area contributed by atoms with Gasteiger partial charge in [0, 0.05) is 16.9 Å². The molecular weight excluding hydrogens is 326 g/mol. The molecule has 0 bridgehead atoms. The zero-order valence-electron chi connectivity index (χ0n) is 15.3. The Labute approximate surface area is 154 Å². The lowest BCUT2D eigenvalue weighted by Crippen LogP contribution is -2.36. The van der Waals surface area contributed by atoms with Gasteiger partial charge in [-0.25, -0.2) is 0 Å². The number of terminal acetylenes is 1. The molecular formula is C21H23N3O2. The molecule has 2 amide bonds. The van der Waals surface area contributed by atoms with Gasteiger partial charge in [0.1, 0.15) is 0 Å². The topological polar surface area (TPSA) is 70.2 Å². The highest BCUT2D eigenvalue weighted by Crippen LogP contribution is 2.21. The Balaban J connectivity index is 1.82. The van der Waals surface area contributed by atoms with Gasteiger partial charge in [0.2, 0.25) is 11.8 Å². The molecule has 0 aliphatic rings. The van der Waals surface area contributed by atoms with Crippen molar-refractivity contribution in [2.24, 2.45) is 0 Å². The van der Waals surface area contributed by atoms with E-state index in [4.69, 9.17) is 6.42 Å². The van der Waals surface area contributed by atoms with Crippen LogP contribution < -0.4 is 16.0 Å². The number of benzene rings is 2. The van der Waals surface area contributed by atoms with E-state index in [2.05, 4.69) is 21.9 Å². The number of amides is 2. The van der Waals surface area contributed by atoms with E-state index in [1.54, 1.807) is 6.07 Å². The highest BCUT2D eigenvalue weighted by atomic mass is 16.2. The predicted molar refractivity (Wildman–Crippen MR) is 105 cm³/mol. The Kier molecular flexibility index (Phi) is 6.40. The molecule has 0 heterocycles. The van der Waals surface area contributed by atoms with Crippen molar-refractivity contribution in [3.63, 3.8) is 0 Å². The highest BCUT2D eigenvalue weighted by molar-refractivity contribution is 5.96. The van der Waals surface area contributed by atoms with E-state index in [1.165, 1.54) is 0 Å². The van der Waals surface area contributed by atoms with Crippen molar-refractivity contribution in [1.82, 2.24) is 5.32 Å². The molecule has 2 rings (SSSR count). The molecule has 0 radical (unpaired) electrons. The van der Waals surface area contributed by atoms with E-state index in [0.29, 0.717) is 0 Å². The second-order valence-corrected chi connectivity index (χ2v) is 6.18. The summed E-state index contributed by atoms with van der Waals surface area (Å²) >= 11 is 0. The molecule has 0 fully saturated rings. The van der Waals surface area contributed by atoms with Gasteiger partial charge < -0.3 is 16.0 Å². The second kappa shape index (κ2) is 8.72. The number of carbonyl (C=O) groups is 2. The summed E-state index contributed by atoms with van der Waals surface area (Å²) < 4.78 is 0. The molecule has 0 spiro atoms. The summed E-state index contributed by atoms with van der Waals surface area (Å²) in [6.07, 6.45) is 5.35. The van der Waals surface area contributed by atoms with Crippen LogP contribution in [0.25, 0.3) is 0 Å². The van der Waals surface area contributed by atoms with Crippen molar-refractivity contribution in [1.29, 1.82) is 0 Å². The Morgan fingerprint density at radius 2 is 1.69 bits per heavy atom. The molecule has 5 nitrogen and oxygen atoms in total. The van der Waals surface area contributed by atoms with E-state index in [9.17, 15) is 9.59 Å². The lowest BCUT2D eigenvalue weighted by molar-refractivity contribution is -0.122. The first-order valence-corrected chi connectivity index (χ1v) is 8.34. The third-order valence-electron chi connectivity index (χ3n) is 3.87. The van der Waals surface area contributed by atoms with Crippen LogP contribution in [0.5, 0.6) is 0 Å². The summed E-state index contributed by atoms with van der Waals surface area (Å²) in [5.41, 5.74) is 5.42. The summed E-state index contributed by atoms with van der Waals surface area (Å²) in [4.78, 5) is 24.0. The van der Waals surface area contributed by atoms with Gasteiger partial charge in [0.25, 0.3) is 0 Å². The number of anilines is 2. The van der Waals surface area contributed by atoms with Crippen LogP contribution in [-0.2, 0) is 9.59 Å². The fourth-order valence-electron chi connectivity index (χ4n) is 2.70. The lowest BCUT2D eigenvalue weighted by atomic mass is 10.1. The minimum absolute atomic E-state index is 0.0594. The first-order valence-electron chi connectivity index (χ1n) is 8.34. The Morgan fingerprint density at radius 3 is 2.35 bits per heavy atom. The van der Waals surface area contributed by atoms with Gasteiger partial charge in [-0.15, -0.1) is 6.42 Å². The molecule has 0 aliphatic carbocycles. The van der Waals surface area contributed by atoms with E-state index < -0.39 is 0 Å². The minimum Gasteiger partial charge on any atom is -0.376 e. The number of rotatable bonds is 6. The first kappa shape index (κ1) is 19.1. The van der Waals surface area contributed by atoms with Gasteiger partial charge in [-0.1, -0.05) is 29.7 Å². The Morgan fingerprint density at radius 1 is 1.00 bits per heavy atom. The molecule has 0 aromatic heterocycles. The molecule has 0 atom stereocenters. The first-order chi connectivity index (χ1) is 12.4. The normalized spacial score (nSPS) is 9.92. The summed E-state index contributed by atoms with van der Waals surface area (Å²) in [7, 11) is 0. The molecule has 2 aromatic rings. The van der Waals surface area contributed by atoms with Crippen molar-refractivity contribution >= 4 is 23.2 Å². The maximum absolute atomic E-state index is 12.1. The van der Waals surface area contributed by atoms with Gasteiger partial charge in [-0.2, -0.15) is 0 Å². The smallest absolute Gasteiger partial charge is 0.243 e. The molecule has 26 heavy (non-hydrogen) atoms. The lowest BCUT2D eigenvalue weighted by Gasteiger charge is -2.13. The van der Waals surface area contributed by atoms with E-state index in [-0.39, 0.29) is 24.9 Å². The maximum atomic E-state index is 12.1. The molecule has 0 aliphatic heterocycles. The SMILES string of the molecule is C#Cc1cccc(NCC(=O)NCC(=O)Nc2c(C)cc(C)cc2C)c1. The zero-order chi connectivity index (χ0) is 19.1. The molecule has 2 aromatic carbocycles. The molecule has 0 unspecified atom stereocenters. The molecule has 134 valence electrons. The standard InChI is InChI=1S/C21H23N3O2/c1-5-17-7-6-8-18(11-17)22-12-19(25)23-13-20(26)24-21-15(3)9-14(2)10-16(21)4/h1,6-11,22H,12-13H2,2-4H3,(H,23,25)(H,24,26). The molecule has 0 saturated carbocycles. The van der Waals surface area contributed by atoms with Crippen LogP contribution in [0.15, 0.2) is 36.4 Å². The number of hydrogen-bond acceptors (Lipinski definition) is 3. The van der Waals surface area contributed by atoms with Crippen LogP contribution in [0.4, 0.5) is 11.4 Å². The molecule has 5 heteroatoms. The number of carbonyl (C=O) groups excluding carboxylic acids is 2. The third-order valence-corrected chi connectivity index (χ3v) is 3.87. The van der Waals surface area contributed by atoms with Crippen molar-refractivity contribution < 1.29 is 9.59 Å². The fraction of sp³-hybridized carbons (Fsp3) is 0.238. The number of hydrogen-bond donors (Lipinski definition) is 3. The molecule has 0 saturated heterocycles. The average Bonchev–Trinajstić information content (AvgIpc) is 2.61. The Hall–Kier alpha value is -3.26. The predicted octanol–water partition coefficient (Wildman–Crippen LogP) is 2.76. The van der Waals surface area contributed by atoms with Crippen molar-refractivity contribution in [2.75, 3.05) is 23.7 Å². The minimum atomic E-state index is -0.274. The highest BCUT2D eigenvalue weighted by Gasteiger charge is 2.10. The average molecular weight is 349 g/mol. The van der Waals surface area contributed by atoms with E-state index >= 15 is 0 Å². The summed E-state index contributed by atoms with van der Waals surface area (Å²) in [5.74, 6) is 2.00. The number of nitrogens with one attached hydrogen (secondary N) is 3. The second-order valence-electron chi connectivity index (χ2n) is 6.18. The Bertz CT molecular complexity index is 843. The monoisotopic (exact) mass is 349 g/mol. The maximum Gasteiger partial charge on any atom is 0.243 e. The van der Waals surface area contributed by atoms with Gasteiger partial charge in [-0.3, -0.25) is 9.59 Å². The van der Waals surface area contributed by atoms with Crippen molar-refractivity contribution in [2.45, 2.75) is 20.8 Å². The van der Waals surface area contributed by atoms with Crippen LogP contribution >= 0.6 is 0 Å². The van der Waals surface area contributed by atoms with Crippen LogP contribution in [0, 0.1) is 33.1 Å². The molecule has 3 N–H and O–H groups in total. The van der Waals surface area contributed by atoms with Gasteiger partial charge in [-0.05, 0) is 50.1 Å². The van der Waals surface area contributed by atoms with Gasteiger partial charge in [0.15, 0.2) is 0 Å². The third kappa shape index (κ3) is 5.38. The van der Waals surface area contributed by atoms with Crippen molar-refractivity contribution in [3.05, 3.63) is 58.7 Å². The fourth-order valence-corrected chi connectivity index (χ4v) is 2.70. The van der Waals surface area contributed by atoms with Crippen LogP contribution in [0.2, 0.25) is 0 Å². The summed E-state index contributed by atoms with van der Waals surface area (Å²) in [5, 5.41) is 8.43. The van der Waals surface area contributed by atoms with Gasteiger partial charge >= 0.3 is 0 Å². The quantitative estimate of drug-likeness (QED) is 0.703. The van der Waals surface area contributed by atoms with Crippen LogP contribution in [0.1, 0.15) is 22.3 Å². The van der Waals surface area contributed by atoms with Crippen LogP contribution in [-0.4, -0.2) is 24.9 Å². The van der Waals surface area contributed by atoms with Gasteiger partial charge in [0.05, 0.1) is 13.1 Å². The van der Waals surface area contributed by atoms with Crippen LogP contribution in [0.3, 0.4) is 0 Å². The van der Waals surface area contributed by atoms with Crippen molar-refractivity contribution in [3.8, 4) is 12.3 Å². The van der Waals surface area contributed by atoms with E-state index in [0.717, 1.165) is 33.6 Å². The zero-order valence-corrected chi connectivity index (χ0v) is 15.3. The van der Waals surface area contributed by atoms with E-state index in [1.807, 2.05) is 51.1 Å². The largest absolute Gasteiger partial charge is 0.376 e. The summed E-state index contributed by atoms with van der Waals surface area (Å²) in [6, 6.07) is 11.2. The number of aryl methyl sites for hydroxylation is 3. The summed E-state index contributed by atoms with van der Waals surface area (Å²) in [6.45, 7) is 5.88.